The third-order valence-electron chi connectivity index (χ3n) is 3.74. The highest BCUT2D eigenvalue weighted by atomic mass is 16.6. The van der Waals surface area contributed by atoms with Gasteiger partial charge in [0.15, 0.2) is 0 Å². The molecule has 4 heteroatoms. The molecule has 0 radical (unpaired) electrons. The Morgan fingerprint density at radius 1 is 1.30 bits per heavy atom. The van der Waals surface area contributed by atoms with Crippen LogP contribution in [0.2, 0.25) is 0 Å². The number of aliphatic hydroxyl groups excluding tert-OH is 1. The van der Waals surface area contributed by atoms with Crippen LogP contribution in [-0.4, -0.2) is 35.3 Å². The number of hydrogen-bond donors (Lipinski definition) is 1. The molecule has 0 spiro atoms. The van der Waals surface area contributed by atoms with Crippen molar-refractivity contribution in [2.75, 3.05) is 13.2 Å². The zero-order valence-corrected chi connectivity index (χ0v) is 12.6. The summed E-state index contributed by atoms with van der Waals surface area (Å²) in [6, 6.07) is 9.64. The lowest BCUT2D eigenvalue weighted by Gasteiger charge is -2.31. The number of amides is 1. The molecule has 2 atom stereocenters. The maximum Gasteiger partial charge on any atom is 0.410 e. The topological polar surface area (TPSA) is 49.8 Å². The van der Waals surface area contributed by atoms with Crippen molar-refractivity contribution in [2.45, 2.75) is 39.8 Å². The molecule has 1 aromatic carbocycles. The van der Waals surface area contributed by atoms with Gasteiger partial charge in [0, 0.05) is 12.6 Å². The van der Waals surface area contributed by atoms with Crippen LogP contribution < -0.4 is 0 Å². The van der Waals surface area contributed by atoms with Gasteiger partial charge in [0.2, 0.25) is 0 Å². The van der Waals surface area contributed by atoms with Gasteiger partial charge in [-0.15, -0.1) is 0 Å². The molecule has 0 bridgehead atoms. The minimum absolute atomic E-state index is 0.0513. The van der Waals surface area contributed by atoms with Gasteiger partial charge in [-0.1, -0.05) is 50.6 Å². The van der Waals surface area contributed by atoms with Crippen molar-refractivity contribution in [1.82, 2.24) is 4.90 Å². The van der Waals surface area contributed by atoms with Crippen LogP contribution in [0.4, 0.5) is 4.79 Å². The third kappa shape index (κ3) is 4.85. The average molecular weight is 279 g/mol. The largest absolute Gasteiger partial charge is 0.445 e. The molecule has 1 rings (SSSR count). The van der Waals surface area contributed by atoms with Gasteiger partial charge < -0.3 is 14.7 Å². The van der Waals surface area contributed by atoms with Gasteiger partial charge in [0.05, 0.1) is 6.61 Å². The minimum atomic E-state index is -0.365. The maximum atomic E-state index is 12.2. The molecule has 1 amide bonds. The highest BCUT2D eigenvalue weighted by molar-refractivity contribution is 5.68. The van der Waals surface area contributed by atoms with E-state index in [9.17, 15) is 4.79 Å². The minimum Gasteiger partial charge on any atom is -0.445 e. The first-order chi connectivity index (χ1) is 9.60. The number of carbonyl (C=O) groups is 1. The Morgan fingerprint density at radius 2 is 1.95 bits per heavy atom. The van der Waals surface area contributed by atoms with Crippen molar-refractivity contribution in [3.63, 3.8) is 0 Å². The van der Waals surface area contributed by atoms with E-state index in [4.69, 9.17) is 9.84 Å². The Bertz CT molecular complexity index is 394. The highest BCUT2D eigenvalue weighted by Crippen LogP contribution is 2.15. The fourth-order valence-corrected chi connectivity index (χ4v) is 2.02. The van der Waals surface area contributed by atoms with E-state index in [0.717, 1.165) is 12.0 Å². The Balaban J connectivity index is 2.60. The van der Waals surface area contributed by atoms with Gasteiger partial charge in [-0.05, 0) is 18.4 Å². The number of ether oxygens (including phenoxy) is 1. The summed E-state index contributed by atoms with van der Waals surface area (Å²) in [5.41, 5.74) is 0.959. The summed E-state index contributed by atoms with van der Waals surface area (Å²) in [5, 5.41) is 9.12. The second-order valence-corrected chi connectivity index (χ2v) is 5.08. The number of hydrogen-bond acceptors (Lipinski definition) is 3. The second kappa shape index (κ2) is 8.59. The zero-order valence-electron chi connectivity index (χ0n) is 12.6. The fraction of sp³-hybridized carbons (Fsp3) is 0.562. The lowest BCUT2D eigenvalue weighted by Crippen LogP contribution is -2.43. The molecule has 0 saturated carbocycles. The number of benzene rings is 1. The molecule has 20 heavy (non-hydrogen) atoms. The predicted molar refractivity (Wildman–Crippen MR) is 79.3 cm³/mol. The van der Waals surface area contributed by atoms with Crippen molar-refractivity contribution in [1.29, 1.82) is 0 Å². The number of carbonyl (C=O) groups excluding carboxylic acids is 1. The lowest BCUT2D eigenvalue weighted by atomic mass is 10.00. The summed E-state index contributed by atoms with van der Waals surface area (Å²) in [7, 11) is 0. The molecule has 0 aliphatic rings. The summed E-state index contributed by atoms with van der Waals surface area (Å²) in [4.78, 5) is 13.8. The molecule has 4 nitrogen and oxygen atoms in total. The summed E-state index contributed by atoms with van der Waals surface area (Å²) < 4.78 is 5.33. The SMILES string of the molecule is CCC(C)C(C)N(CCO)C(=O)OCc1ccccc1. The van der Waals surface area contributed by atoms with E-state index in [1.165, 1.54) is 0 Å². The predicted octanol–water partition coefficient (Wildman–Crippen LogP) is 3.05. The van der Waals surface area contributed by atoms with Crippen molar-refractivity contribution < 1.29 is 14.6 Å². The third-order valence-corrected chi connectivity index (χ3v) is 3.74. The molecule has 0 aliphatic carbocycles. The van der Waals surface area contributed by atoms with Crippen LogP contribution in [-0.2, 0) is 11.3 Å². The summed E-state index contributed by atoms with van der Waals surface area (Å²) in [6.07, 6.45) is 0.616. The fourth-order valence-electron chi connectivity index (χ4n) is 2.02. The first-order valence-corrected chi connectivity index (χ1v) is 7.18. The highest BCUT2D eigenvalue weighted by Gasteiger charge is 2.24. The Kier molecular flexibility index (Phi) is 7.09. The van der Waals surface area contributed by atoms with E-state index in [2.05, 4.69) is 13.8 Å². The first kappa shape index (κ1) is 16.5. The van der Waals surface area contributed by atoms with Crippen molar-refractivity contribution in [3.8, 4) is 0 Å². The van der Waals surface area contributed by atoms with E-state index in [1.54, 1.807) is 4.90 Å². The zero-order chi connectivity index (χ0) is 15.0. The van der Waals surface area contributed by atoms with Gasteiger partial charge >= 0.3 is 6.09 Å². The number of aliphatic hydroxyl groups is 1. The smallest absolute Gasteiger partial charge is 0.410 e. The standard InChI is InChI=1S/C16H25NO3/c1-4-13(2)14(3)17(10-11-18)16(19)20-12-15-8-6-5-7-9-15/h5-9,13-14,18H,4,10-12H2,1-3H3. The Labute approximate surface area is 121 Å². The summed E-state index contributed by atoms with van der Waals surface area (Å²) in [5.74, 6) is 0.367. The number of nitrogens with zero attached hydrogens (tertiary/aromatic N) is 1. The van der Waals surface area contributed by atoms with E-state index in [-0.39, 0.29) is 25.3 Å². The second-order valence-electron chi connectivity index (χ2n) is 5.08. The molecular formula is C16H25NO3. The Morgan fingerprint density at radius 3 is 2.50 bits per heavy atom. The molecule has 0 heterocycles. The normalized spacial score (nSPS) is 13.6. The van der Waals surface area contributed by atoms with Crippen LogP contribution in [0.25, 0.3) is 0 Å². The molecular weight excluding hydrogens is 254 g/mol. The number of rotatable bonds is 7. The maximum absolute atomic E-state index is 12.2. The van der Waals surface area contributed by atoms with E-state index < -0.39 is 0 Å². The van der Waals surface area contributed by atoms with Crippen molar-refractivity contribution in [3.05, 3.63) is 35.9 Å². The molecule has 0 aromatic heterocycles. The van der Waals surface area contributed by atoms with Gasteiger partial charge in [-0.3, -0.25) is 0 Å². The van der Waals surface area contributed by atoms with Crippen LogP contribution in [0.1, 0.15) is 32.8 Å². The summed E-state index contributed by atoms with van der Waals surface area (Å²) in [6.45, 7) is 6.69. The van der Waals surface area contributed by atoms with Crippen molar-refractivity contribution >= 4 is 6.09 Å². The molecule has 0 fully saturated rings. The molecule has 112 valence electrons. The van der Waals surface area contributed by atoms with Crippen LogP contribution in [0.3, 0.4) is 0 Å². The van der Waals surface area contributed by atoms with Crippen molar-refractivity contribution in [2.24, 2.45) is 5.92 Å². The van der Waals surface area contributed by atoms with E-state index in [0.29, 0.717) is 12.5 Å². The van der Waals surface area contributed by atoms with Crippen LogP contribution in [0.15, 0.2) is 30.3 Å². The summed E-state index contributed by atoms with van der Waals surface area (Å²) >= 11 is 0. The van der Waals surface area contributed by atoms with Gasteiger partial charge in [0.1, 0.15) is 6.61 Å². The van der Waals surface area contributed by atoms with Gasteiger partial charge in [-0.25, -0.2) is 4.79 Å². The van der Waals surface area contributed by atoms with Gasteiger partial charge in [0.25, 0.3) is 0 Å². The van der Waals surface area contributed by atoms with Gasteiger partial charge in [-0.2, -0.15) is 0 Å². The molecule has 1 N–H and O–H groups in total. The van der Waals surface area contributed by atoms with E-state index in [1.807, 2.05) is 37.3 Å². The lowest BCUT2D eigenvalue weighted by molar-refractivity contribution is 0.0635. The molecule has 0 aliphatic heterocycles. The van der Waals surface area contributed by atoms with Crippen LogP contribution >= 0.6 is 0 Å². The average Bonchev–Trinajstić information content (AvgIpc) is 2.49. The molecule has 2 unspecified atom stereocenters. The first-order valence-electron chi connectivity index (χ1n) is 7.18. The molecule has 1 aromatic rings. The molecule has 0 saturated heterocycles. The van der Waals surface area contributed by atoms with Crippen LogP contribution in [0.5, 0.6) is 0 Å². The van der Waals surface area contributed by atoms with E-state index >= 15 is 0 Å². The monoisotopic (exact) mass is 279 g/mol. The Hall–Kier alpha value is -1.55. The quantitative estimate of drug-likeness (QED) is 0.834. The van der Waals surface area contributed by atoms with Crippen LogP contribution in [0, 0.1) is 5.92 Å².